The van der Waals surface area contributed by atoms with Crippen molar-refractivity contribution in [1.82, 2.24) is 29.6 Å². The number of amides is 2. The number of nitrogens with zero attached hydrogens (tertiary/aromatic N) is 6. The molecule has 2 amide bonds. The number of rotatable bonds is 4. The first-order valence-corrected chi connectivity index (χ1v) is 13.2. The summed E-state index contributed by atoms with van der Waals surface area (Å²) in [6.45, 7) is 6.07. The molecule has 1 aromatic carbocycles. The van der Waals surface area contributed by atoms with Crippen LogP contribution in [0.3, 0.4) is 0 Å². The number of aromatic nitrogens is 5. The van der Waals surface area contributed by atoms with Gasteiger partial charge in [0.15, 0.2) is 5.65 Å². The Morgan fingerprint density at radius 3 is 2.56 bits per heavy atom. The number of carbonyl (C=O) groups excluding carboxylic acids is 2. The number of hydrogen-bond donors (Lipinski definition) is 2. The fraction of sp³-hybridized carbons (Fsp3) is 0.357. The number of likely N-dealkylation sites (tertiary alicyclic amines) is 1. The summed E-state index contributed by atoms with van der Waals surface area (Å²) in [5, 5.41) is 7.59. The summed E-state index contributed by atoms with van der Waals surface area (Å²) < 4.78 is 36.4. The molecule has 0 radical (unpaired) electrons. The first kappa shape index (κ1) is 26.5. The van der Waals surface area contributed by atoms with Gasteiger partial charge in [-0.25, -0.2) is 33.2 Å². The largest absolute Gasteiger partial charge is 0.444 e. The van der Waals surface area contributed by atoms with Crippen molar-refractivity contribution in [2.45, 2.75) is 51.3 Å². The van der Waals surface area contributed by atoms with Gasteiger partial charge in [0.05, 0.1) is 17.5 Å². The van der Waals surface area contributed by atoms with Gasteiger partial charge < -0.3 is 20.7 Å². The third-order valence-corrected chi connectivity index (χ3v) is 7.36. The summed E-state index contributed by atoms with van der Waals surface area (Å²) in [6.07, 6.45) is 3.71. The van der Waals surface area contributed by atoms with Crippen molar-refractivity contribution in [2.24, 2.45) is 5.92 Å². The predicted molar refractivity (Wildman–Crippen MR) is 146 cm³/mol. The van der Waals surface area contributed by atoms with Crippen molar-refractivity contribution in [3.63, 3.8) is 0 Å². The quantitative estimate of drug-likeness (QED) is 0.369. The van der Waals surface area contributed by atoms with Crippen LogP contribution < -0.4 is 11.1 Å². The maximum Gasteiger partial charge on any atom is 0.410 e. The van der Waals surface area contributed by atoms with E-state index in [1.165, 1.54) is 24.7 Å². The fourth-order valence-electron chi connectivity index (χ4n) is 5.71. The summed E-state index contributed by atoms with van der Waals surface area (Å²) in [6, 6.07) is 5.73. The fourth-order valence-corrected chi connectivity index (χ4v) is 5.71. The molecule has 0 spiro atoms. The van der Waals surface area contributed by atoms with Gasteiger partial charge in [0, 0.05) is 29.9 Å². The van der Waals surface area contributed by atoms with Crippen LogP contribution in [0.4, 0.5) is 25.2 Å². The van der Waals surface area contributed by atoms with Crippen molar-refractivity contribution in [3.8, 4) is 11.3 Å². The normalized spacial score (nSPS) is 20.0. The number of pyridine rings is 1. The summed E-state index contributed by atoms with van der Waals surface area (Å²) in [4.78, 5) is 39.8. The number of anilines is 2. The Morgan fingerprint density at radius 2 is 1.85 bits per heavy atom. The van der Waals surface area contributed by atoms with Gasteiger partial charge in [-0.15, -0.1) is 0 Å². The van der Waals surface area contributed by atoms with Crippen molar-refractivity contribution in [2.75, 3.05) is 17.6 Å². The number of nitrogens with two attached hydrogens (primary N) is 1. The van der Waals surface area contributed by atoms with E-state index in [9.17, 15) is 14.0 Å². The highest BCUT2D eigenvalue weighted by molar-refractivity contribution is 6.04. The van der Waals surface area contributed by atoms with E-state index in [4.69, 9.17) is 15.6 Å². The molecule has 1 saturated carbocycles. The highest BCUT2D eigenvalue weighted by Crippen LogP contribution is 2.46. The molecule has 2 aliphatic rings. The van der Waals surface area contributed by atoms with Crippen LogP contribution in [0, 0.1) is 17.6 Å². The molecule has 11 nitrogen and oxygen atoms in total. The molecule has 13 heteroatoms. The highest BCUT2D eigenvalue weighted by Gasteiger charge is 2.50. The third-order valence-electron chi connectivity index (χ3n) is 7.36. The van der Waals surface area contributed by atoms with Crippen molar-refractivity contribution in [1.29, 1.82) is 0 Å². The second-order valence-electron chi connectivity index (χ2n) is 11.4. The van der Waals surface area contributed by atoms with E-state index in [2.05, 4.69) is 20.3 Å². The van der Waals surface area contributed by atoms with Gasteiger partial charge in [0.1, 0.15) is 40.9 Å². The van der Waals surface area contributed by atoms with E-state index < -0.39 is 23.1 Å². The Bertz CT molecular complexity index is 1680. The number of nitrogens with one attached hydrogen (secondary N) is 1. The molecule has 2 fully saturated rings. The summed E-state index contributed by atoms with van der Waals surface area (Å²) >= 11 is 0. The molecule has 1 saturated heterocycles. The molecule has 3 aromatic heterocycles. The van der Waals surface area contributed by atoms with Crippen LogP contribution in [0.25, 0.3) is 22.3 Å². The minimum Gasteiger partial charge on any atom is -0.444 e. The average molecular weight is 563 g/mol. The predicted octanol–water partition coefficient (Wildman–Crippen LogP) is 4.57. The molecule has 2 bridgehead atoms. The first-order chi connectivity index (χ1) is 19.5. The maximum atomic E-state index is 15.6. The van der Waals surface area contributed by atoms with E-state index in [-0.39, 0.29) is 52.6 Å². The number of ether oxygens (including phenoxy) is 1. The zero-order valence-corrected chi connectivity index (χ0v) is 22.6. The lowest BCUT2D eigenvalue weighted by Crippen LogP contribution is -2.45. The lowest BCUT2D eigenvalue weighted by Gasteiger charge is -2.34. The Balaban J connectivity index is 1.34. The van der Waals surface area contributed by atoms with E-state index in [0.29, 0.717) is 17.6 Å². The number of halogens is 2. The standard InChI is InChI=1S/C28H28F2N8O3/c1-28(2,3)41-27(40)37-12-14-8-19(37)20(9-14)38-25-22(24(31)33-13-34-25)23(36-38)17-5-4-15(10-18(17)30)26(39)35-21-11-16(29)6-7-32-21/h4-7,10-11,13-14,19-20H,8-9,12H2,1-3H3,(H2,31,33,34)(H,32,35,39)/t14-,19+,20+/m1/s1. The number of piperidine rings is 1. The summed E-state index contributed by atoms with van der Waals surface area (Å²) in [5.41, 5.74) is 6.36. The van der Waals surface area contributed by atoms with E-state index >= 15 is 4.39 Å². The van der Waals surface area contributed by atoms with Crippen LogP contribution in [-0.2, 0) is 4.74 Å². The molecule has 6 rings (SSSR count). The molecule has 4 aromatic rings. The molecule has 3 N–H and O–H groups in total. The second-order valence-corrected chi connectivity index (χ2v) is 11.4. The number of nitrogen functional groups attached to an aromatic ring is 1. The maximum absolute atomic E-state index is 15.6. The smallest absolute Gasteiger partial charge is 0.410 e. The molecule has 1 aliphatic carbocycles. The topological polar surface area (TPSA) is 141 Å². The summed E-state index contributed by atoms with van der Waals surface area (Å²) in [7, 11) is 0. The van der Waals surface area contributed by atoms with Crippen molar-refractivity contribution in [3.05, 3.63) is 60.1 Å². The highest BCUT2D eigenvalue weighted by atomic mass is 19.1. The number of benzene rings is 1. The van der Waals surface area contributed by atoms with Crippen molar-refractivity contribution < 1.29 is 23.1 Å². The zero-order valence-electron chi connectivity index (χ0n) is 22.6. The van der Waals surface area contributed by atoms with Crippen LogP contribution >= 0.6 is 0 Å². The van der Waals surface area contributed by atoms with Gasteiger partial charge in [-0.1, -0.05) is 0 Å². The summed E-state index contributed by atoms with van der Waals surface area (Å²) in [5.74, 6) is -1.55. The van der Waals surface area contributed by atoms with Gasteiger partial charge in [-0.3, -0.25) is 4.79 Å². The molecule has 212 valence electrons. The number of fused-ring (bicyclic) bond motifs is 3. The lowest BCUT2D eigenvalue weighted by atomic mass is 10.1. The molecule has 1 aliphatic heterocycles. The van der Waals surface area contributed by atoms with Crippen molar-refractivity contribution >= 4 is 34.7 Å². The molecule has 4 heterocycles. The van der Waals surface area contributed by atoms with E-state index in [0.717, 1.165) is 31.0 Å². The van der Waals surface area contributed by atoms with Crippen LogP contribution in [0.15, 0.2) is 42.9 Å². The Hall–Kier alpha value is -4.68. The third kappa shape index (κ3) is 4.92. The van der Waals surface area contributed by atoms with Gasteiger partial charge >= 0.3 is 6.09 Å². The van der Waals surface area contributed by atoms with Gasteiger partial charge in [0.25, 0.3) is 5.91 Å². The molecule has 41 heavy (non-hydrogen) atoms. The lowest BCUT2D eigenvalue weighted by molar-refractivity contribution is 0.0135. The zero-order chi connectivity index (χ0) is 29.1. The minimum absolute atomic E-state index is 0.000400. The van der Waals surface area contributed by atoms with Crippen LogP contribution in [0.1, 0.15) is 50.0 Å². The molecular formula is C28H28F2N8O3. The first-order valence-electron chi connectivity index (χ1n) is 13.2. The molecular weight excluding hydrogens is 534 g/mol. The van der Waals surface area contributed by atoms with Gasteiger partial charge in [-0.2, -0.15) is 5.10 Å². The van der Waals surface area contributed by atoms with Crippen LogP contribution in [-0.4, -0.2) is 59.8 Å². The van der Waals surface area contributed by atoms with Gasteiger partial charge in [-0.05, 0) is 63.8 Å². The number of carbonyl (C=O) groups is 2. The Kier molecular flexibility index (Phi) is 6.31. The SMILES string of the molecule is CC(C)(C)OC(=O)N1C[C@@H]2C[C@H]1[C@@H](n1nc(-c3ccc(C(=O)Nc4cc(F)ccn4)cc3F)c3c(N)ncnc31)C2. The van der Waals surface area contributed by atoms with Gasteiger partial charge in [0.2, 0.25) is 0 Å². The van der Waals surface area contributed by atoms with Crippen LogP contribution in [0.5, 0.6) is 0 Å². The monoisotopic (exact) mass is 562 g/mol. The number of hydrogen-bond acceptors (Lipinski definition) is 8. The van der Waals surface area contributed by atoms with E-state index in [1.807, 2.05) is 20.8 Å². The molecule has 3 atom stereocenters. The van der Waals surface area contributed by atoms with Crippen LogP contribution in [0.2, 0.25) is 0 Å². The average Bonchev–Trinajstić information content (AvgIpc) is 3.61. The van der Waals surface area contributed by atoms with E-state index in [1.54, 1.807) is 9.58 Å². The Labute approximate surface area is 233 Å². The molecule has 0 unspecified atom stereocenters. The second kappa shape index (κ2) is 9.75. The Morgan fingerprint density at radius 1 is 1.07 bits per heavy atom. The minimum atomic E-state index is -0.719.